The molecular weight excluding hydrogens is 352 g/mol. The molecule has 0 atom stereocenters. The zero-order chi connectivity index (χ0) is 18.5. The zero-order valence-electron chi connectivity index (χ0n) is 16.0. The number of aryl methyl sites for hydroxylation is 2. The standard InChI is InChI=1S/C22H26O2Si2/c1-15-7-5-9-21(17(15)3)23-25-19-11-13-20(14-12-19)26-24-22-10-6-8-16(2)18(22)4/h5-14H,25-26H2,1-4H3. The van der Waals surface area contributed by atoms with Gasteiger partial charge in [-0.1, -0.05) is 48.5 Å². The molecule has 4 heteroatoms. The van der Waals surface area contributed by atoms with Crippen molar-refractivity contribution in [2.24, 2.45) is 0 Å². The van der Waals surface area contributed by atoms with Gasteiger partial charge in [-0.05, 0) is 72.5 Å². The molecule has 3 aromatic carbocycles. The molecule has 0 aliphatic heterocycles. The molecule has 0 aromatic heterocycles. The van der Waals surface area contributed by atoms with Crippen molar-refractivity contribution in [3.05, 3.63) is 82.9 Å². The Bertz CT molecular complexity index is 815. The van der Waals surface area contributed by atoms with Crippen LogP contribution in [-0.2, 0) is 0 Å². The lowest BCUT2D eigenvalue weighted by molar-refractivity contribution is 0.597. The van der Waals surface area contributed by atoms with Gasteiger partial charge >= 0.3 is 0 Å². The molecule has 2 nitrogen and oxygen atoms in total. The Morgan fingerprint density at radius 3 is 1.31 bits per heavy atom. The van der Waals surface area contributed by atoms with Gasteiger partial charge in [0.05, 0.1) is 0 Å². The molecule has 0 fully saturated rings. The molecule has 0 spiro atoms. The van der Waals surface area contributed by atoms with Crippen LogP contribution >= 0.6 is 0 Å². The molecule has 0 bridgehead atoms. The van der Waals surface area contributed by atoms with Crippen LogP contribution in [0.1, 0.15) is 22.3 Å². The van der Waals surface area contributed by atoms with E-state index in [1.807, 2.05) is 0 Å². The summed E-state index contributed by atoms with van der Waals surface area (Å²) in [5, 5.41) is 2.63. The highest BCUT2D eigenvalue weighted by Gasteiger charge is 2.05. The van der Waals surface area contributed by atoms with Gasteiger partial charge in [0.15, 0.2) is 0 Å². The minimum atomic E-state index is -0.765. The third-order valence-corrected chi connectivity index (χ3v) is 7.44. The smallest absolute Gasteiger partial charge is 0.251 e. The summed E-state index contributed by atoms with van der Waals surface area (Å²) in [6, 6.07) is 21.3. The summed E-state index contributed by atoms with van der Waals surface area (Å²) < 4.78 is 12.2. The predicted molar refractivity (Wildman–Crippen MR) is 116 cm³/mol. The lowest BCUT2D eigenvalue weighted by Crippen LogP contribution is -2.26. The molecule has 134 valence electrons. The largest absolute Gasteiger partial charge is 0.545 e. The molecule has 3 rings (SSSR count). The maximum Gasteiger partial charge on any atom is 0.251 e. The van der Waals surface area contributed by atoms with Crippen molar-refractivity contribution in [2.75, 3.05) is 0 Å². The van der Waals surface area contributed by atoms with Gasteiger partial charge in [0.25, 0.3) is 19.5 Å². The van der Waals surface area contributed by atoms with Crippen molar-refractivity contribution in [3.8, 4) is 11.5 Å². The van der Waals surface area contributed by atoms with Gasteiger partial charge in [0.2, 0.25) is 0 Å². The number of hydrogen-bond donors (Lipinski definition) is 0. The minimum Gasteiger partial charge on any atom is -0.545 e. The number of hydrogen-bond acceptors (Lipinski definition) is 2. The van der Waals surface area contributed by atoms with Gasteiger partial charge in [-0.25, -0.2) is 0 Å². The molecule has 0 radical (unpaired) electrons. The average molecular weight is 379 g/mol. The summed E-state index contributed by atoms with van der Waals surface area (Å²) in [5.41, 5.74) is 5.04. The maximum absolute atomic E-state index is 6.12. The predicted octanol–water partition coefficient (Wildman–Crippen LogP) is 2.50. The van der Waals surface area contributed by atoms with Crippen molar-refractivity contribution in [1.82, 2.24) is 0 Å². The molecule has 0 aliphatic carbocycles. The van der Waals surface area contributed by atoms with E-state index in [1.54, 1.807) is 0 Å². The number of rotatable bonds is 6. The highest BCUT2D eigenvalue weighted by molar-refractivity contribution is 6.50. The Balaban J connectivity index is 1.58. The van der Waals surface area contributed by atoms with E-state index < -0.39 is 19.5 Å². The van der Waals surface area contributed by atoms with Crippen LogP contribution in [0.4, 0.5) is 0 Å². The molecule has 0 aliphatic rings. The number of benzene rings is 3. The molecule has 3 aromatic rings. The van der Waals surface area contributed by atoms with E-state index in [9.17, 15) is 0 Å². The lowest BCUT2D eigenvalue weighted by atomic mass is 10.1. The second-order valence-corrected chi connectivity index (χ2v) is 9.58. The van der Waals surface area contributed by atoms with Crippen LogP contribution in [0.2, 0.25) is 0 Å². The summed E-state index contributed by atoms with van der Waals surface area (Å²) in [6.45, 7) is 8.50. The Hall–Kier alpha value is -2.31. The Morgan fingerprint density at radius 1 is 0.538 bits per heavy atom. The summed E-state index contributed by atoms with van der Waals surface area (Å²) in [5.74, 6) is 2.04. The van der Waals surface area contributed by atoms with Crippen LogP contribution in [0, 0.1) is 27.7 Å². The van der Waals surface area contributed by atoms with Crippen LogP contribution in [0.3, 0.4) is 0 Å². The van der Waals surface area contributed by atoms with Crippen LogP contribution < -0.4 is 19.2 Å². The van der Waals surface area contributed by atoms with Gasteiger partial charge in [-0.15, -0.1) is 0 Å². The molecule has 0 heterocycles. The lowest BCUT2D eigenvalue weighted by Gasteiger charge is -2.12. The summed E-state index contributed by atoms with van der Waals surface area (Å²) in [7, 11) is -1.53. The van der Waals surface area contributed by atoms with Crippen molar-refractivity contribution in [1.29, 1.82) is 0 Å². The van der Waals surface area contributed by atoms with Crippen molar-refractivity contribution < 1.29 is 8.85 Å². The first kappa shape index (κ1) is 18.5. The SMILES string of the molecule is Cc1cccc(O[SiH2]c2ccc([SiH2]Oc3cccc(C)c3C)cc2)c1C. The fourth-order valence-corrected chi connectivity index (χ4v) is 4.94. The van der Waals surface area contributed by atoms with Crippen molar-refractivity contribution in [3.63, 3.8) is 0 Å². The second kappa shape index (κ2) is 8.38. The topological polar surface area (TPSA) is 18.5 Å². The van der Waals surface area contributed by atoms with Gasteiger partial charge < -0.3 is 8.85 Å². The molecule has 26 heavy (non-hydrogen) atoms. The van der Waals surface area contributed by atoms with Crippen LogP contribution in [-0.4, -0.2) is 19.5 Å². The first-order valence-corrected chi connectivity index (χ1v) is 11.6. The first-order chi connectivity index (χ1) is 12.5. The second-order valence-electron chi connectivity index (χ2n) is 6.79. The van der Waals surface area contributed by atoms with Crippen LogP contribution in [0.25, 0.3) is 0 Å². The Labute approximate surface area is 161 Å². The van der Waals surface area contributed by atoms with Gasteiger partial charge in [-0.2, -0.15) is 0 Å². The van der Waals surface area contributed by atoms with Gasteiger partial charge in [0, 0.05) is 0 Å². The van der Waals surface area contributed by atoms with Crippen LogP contribution in [0.5, 0.6) is 11.5 Å². The molecule has 0 unspecified atom stereocenters. The summed E-state index contributed by atoms with van der Waals surface area (Å²) in [4.78, 5) is 0. The fraction of sp³-hybridized carbons (Fsp3) is 0.182. The van der Waals surface area contributed by atoms with Crippen molar-refractivity contribution >= 4 is 29.9 Å². The van der Waals surface area contributed by atoms with Crippen molar-refractivity contribution in [2.45, 2.75) is 27.7 Å². The van der Waals surface area contributed by atoms with Gasteiger partial charge in [-0.3, -0.25) is 0 Å². The van der Waals surface area contributed by atoms with Gasteiger partial charge in [0.1, 0.15) is 11.5 Å². The maximum atomic E-state index is 6.12. The quantitative estimate of drug-likeness (QED) is 0.614. The molecular formula is C22H26O2Si2. The summed E-state index contributed by atoms with van der Waals surface area (Å²) >= 11 is 0. The van der Waals surface area contributed by atoms with E-state index in [0.717, 1.165) is 11.5 Å². The van der Waals surface area contributed by atoms with E-state index in [2.05, 4.69) is 88.4 Å². The third-order valence-electron chi connectivity index (χ3n) is 4.92. The fourth-order valence-electron chi connectivity index (χ4n) is 2.81. The van der Waals surface area contributed by atoms with E-state index >= 15 is 0 Å². The average Bonchev–Trinajstić information content (AvgIpc) is 2.65. The normalized spacial score (nSPS) is 11.5. The highest BCUT2D eigenvalue weighted by atomic mass is 28.2. The zero-order valence-corrected chi connectivity index (χ0v) is 18.8. The van der Waals surface area contributed by atoms with Crippen LogP contribution in [0.15, 0.2) is 60.7 Å². The van der Waals surface area contributed by atoms with E-state index in [1.165, 1.54) is 32.6 Å². The third kappa shape index (κ3) is 4.45. The Morgan fingerprint density at radius 2 is 0.923 bits per heavy atom. The van der Waals surface area contributed by atoms with E-state index in [4.69, 9.17) is 8.85 Å². The first-order valence-electron chi connectivity index (χ1n) is 9.00. The minimum absolute atomic E-state index is 0.765. The summed E-state index contributed by atoms with van der Waals surface area (Å²) in [6.07, 6.45) is 0. The monoisotopic (exact) mass is 378 g/mol. The highest BCUT2D eigenvalue weighted by Crippen LogP contribution is 2.20. The molecule has 0 amide bonds. The molecule has 0 saturated heterocycles. The molecule has 0 saturated carbocycles. The van der Waals surface area contributed by atoms with E-state index in [-0.39, 0.29) is 0 Å². The van der Waals surface area contributed by atoms with E-state index in [0.29, 0.717) is 0 Å². The Kier molecular flexibility index (Phi) is 5.96. The molecule has 0 N–H and O–H groups in total.